The summed E-state index contributed by atoms with van der Waals surface area (Å²) in [5.41, 5.74) is 0. The molecular weight excluding hydrogens is 403 g/mol. The maximum Gasteiger partial charge on any atom is 0.313 e. The van der Waals surface area contributed by atoms with Gasteiger partial charge in [0.1, 0.15) is 35.8 Å². The fraction of sp³-hybridized carbons (Fsp3) is 0.167. The number of benzene rings is 3. The van der Waals surface area contributed by atoms with Crippen LogP contribution < -0.4 is 28.3 Å². The van der Waals surface area contributed by atoms with Gasteiger partial charge < -0.3 is 17.1 Å². The average Bonchev–Trinajstić information content (AvgIpc) is 2.74. The Bertz CT molecular complexity index is 818. The molecule has 0 atom stereocenters. The molecule has 150 valence electrons. The molecule has 0 fully saturated rings. The SMILES string of the molecule is CCOC(=O)CC(=O)C[P+](c1ccccc1)(c1ccccc1)c1ccccc1.[Cl-]. The van der Waals surface area contributed by atoms with Crippen LogP contribution in [0.2, 0.25) is 0 Å². The zero-order valence-electron chi connectivity index (χ0n) is 16.3. The summed E-state index contributed by atoms with van der Waals surface area (Å²) in [6.07, 6.45) is 0.103. The van der Waals surface area contributed by atoms with Crippen LogP contribution >= 0.6 is 7.26 Å². The summed E-state index contributed by atoms with van der Waals surface area (Å²) >= 11 is 0. The Morgan fingerprint density at radius 3 is 1.45 bits per heavy atom. The fourth-order valence-electron chi connectivity index (χ4n) is 3.46. The quantitative estimate of drug-likeness (QED) is 0.299. The van der Waals surface area contributed by atoms with Crippen molar-refractivity contribution in [2.24, 2.45) is 0 Å². The largest absolute Gasteiger partial charge is 1.00 e. The molecule has 0 aliphatic rings. The third-order valence-corrected chi connectivity index (χ3v) is 9.02. The van der Waals surface area contributed by atoms with Crippen molar-refractivity contribution >= 4 is 34.9 Å². The van der Waals surface area contributed by atoms with E-state index in [2.05, 4.69) is 36.4 Å². The van der Waals surface area contributed by atoms with Crippen LogP contribution in [0.1, 0.15) is 13.3 Å². The molecule has 0 aromatic heterocycles. The third-order valence-electron chi connectivity index (χ3n) is 4.65. The summed E-state index contributed by atoms with van der Waals surface area (Å²) in [6, 6.07) is 30.5. The lowest BCUT2D eigenvalue weighted by molar-refractivity contribution is -0.145. The maximum atomic E-state index is 13.0. The number of ether oxygens (including phenoxy) is 1. The lowest BCUT2D eigenvalue weighted by Gasteiger charge is -2.27. The van der Waals surface area contributed by atoms with E-state index in [1.54, 1.807) is 6.92 Å². The number of halogens is 1. The second kappa shape index (κ2) is 10.9. The number of Topliss-reactive ketones (excluding diaryl/α,β-unsaturated/α-hetero) is 1. The summed E-state index contributed by atoms with van der Waals surface area (Å²) in [5, 5.41) is 3.39. The highest BCUT2D eigenvalue weighted by molar-refractivity contribution is 7.96. The van der Waals surface area contributed by atoms with Crippen LogP contribution in [0.4, 0.5) is 0 Å². The molecule has 0 unspecified atom stereocenters. The Balaban J connectivity index is 0.00000300. The summed E-state index contributed by atoms with van der Waals surface area (Å²) in [5.74, 6) is -0.553. The van der Waals surface area contributed by atoms with Gasteiger partial charge in [0.2, 0.25) is 0 Å². The Hall–Kier alpha value is -2.48. The predicted molar refractivity (Wildman–Crippen MR) is 116 cm³/mol. The number of hydrogen-bond donors (Lipinski definition) is 0. The van der Waals surface area contributed by atoms with Crippen molar-refractivity contribution < 1.29 is 26.7 Å². The predicted octanol–water partition coefficient (Wildman–Crippen LogP) is 0.507. The van der Waals surface area contributed by atoms with E-state index in [0.717, 1.165) is 15.9 Å². The van der Waals surface area contributed by atoms with E-state index >= 15 is 0 Å². The Kier molecular flexibility index (Phi) is 8.57. The first-order valence-electron chi connectivity index (χ1n) is 9.39. The molecule has 0 heterocycles. The van der Waals surface area contributed by atoms with Crippen molar-refractivity contribution in [2.75, 3.05) is 12.8 Å². The lowest BCUT2D eigenvalue weighted by Crippen LogP contribution is -3.00. The van der Waals surface area contributed by atoms with Gasteiger partial charge in [0.15, 0.2) is 5.78 Å². The molecule has 0 saturated heterocycles. The van der Waals surface area contributed by atoms with Gasteiger partial charge in [-0.15, -0.1) is 0 Å². The van der Waals surface area contributed by atoms with Crippen molar-refractivity contribution in [3.63, 3.8) is 0 Å². The standard InChI is InChI=1S/C24H24O3P.ClH/c1-2-27-24(26)18-20(25)19-28(21-12-6-3-7-13-21,22-14-8-4-9-15-22)23-16-10-5-11-17-23;/h3-17H,2,18-19H2,1H3;1H/q+1;/p-1. The average molecular weight is 427 g/mol. The van der Waals surface area contributed by atoms with Crippen molar-refractivity contribution in [2.45, 2.75) is 13.3 Å². The van der Waals surface area contributed by atoms with Crippen molar-refractivity contribution in [3.8, 4) is 0 Å². The van der Waals surface area contributed by atoms with E-state index in [1.165, 1.54) is 0 Å². The molecule has 0 bridgehead atoms. The molecule has 0 saturated carbocycles. The molecule has 5 heteroatoms. The van der Waals surface area contributed by atoms with Crippen molar-refractivity contribution in [1.29, 1.82) is 0 Å². The molecule has 0 aliphatic heterocycles. The molecule has 3 aromatic rings. The van der Waals surface area contributed by atoms with Crippen LogP contribution in [-0.2, 0) is 14.3 Å². The van der Waals surface area contributed by atoms with Crippen LogP contribution in [0.15, 0.2) is 91.0 Å². The molecule has 0 spiro atoms. The van der Waals surface area contributed by atoms with E-state index < -0.39 is 13.2 Å². The monoisotopic (exact) mass is 426 g/mol. The zero-order valence-corrected chi connectivity index (χ0v) is 18.0. The van der Waals surface area contributed by atoms with Gasteiger partial charge in [-0.3, -0.25) is 9.59 Å². The van der Waals surface area contributed by atoms with E-state index in [4.69, 9.17) is 4.74 Å². The van der Waals surface area contributed by atoms with Crippen molar-refractivity contribution in [1.82, 2.24) is 0 Å². The van der Waals surface area contributed by atoms with Gasteiger partial charge in [-0.1, -0.05) is 54.6 Å². The molecule has 3 aromatic carbocycles. The number of carbonyl (C=O) groups excluding carboxylic acids is 2. The highest BCUT2D eigenvalue weighted by Gasteiger charge is 2.47. The summed E-state index contributed by atoms with van der Waals surface area (Å²) in [4.78, 5) is 24.9. The normalized spacial score (nSPS) is 10.7. The van der Waals surface area contributed by atoms with Gasteiger partial charge >= 0.3 is 5.97 Å². The van der Waals surface area contributed by atoms with Gasteiger partial charge in [-0.25, -0.2) is 0 Å². The second-order valence-corrected chi connectivity index (χ2v) is 9.98. The number of ketones is 1. The molecule has 0 N–H and O–H groups in total. The van der Waals surface area contributed by atoms with Crippen LogP contribution in [0.5, 0.6) is 0 Å². The first-order valence-corrected chi connectivity index (χ1v) is 11.4. The topological polar surface area (TPSA) is 43.4 Å². The lowest BCUT2D eigenvalue weighted by atomic mass is 10.3. The highest BCUT2D eigenvalue weighted by Crippen LogP contribution is 2.55. The zero-order chi connectivity index (χ0) is 19.8. The van der Waals surface area contributed by atoms with Crippen LogP contribution in [0.25, 0.3) is 0 Å². The minimum atomic E-state index is -2.24. The molecule has 0 aliphatic carbocycles. The van der Waals surface area contributed by atoms with E-state index in [0.29, 0.717) is 6.16 Å². The van der Waals surface area contributed by atoms with Gasteiger partial charge in [-0.05, 0) is 43.3 Å². The van der Waals surface area contributed by atoms with E-state index in [-0.39, 0.29) is 31.2 Å². The van der Waals surface area contributed by atoms with E-state index in [1.807, 2.05) is 54.6 Å². The summed E-state index contributed by atoms with van der Waals surface area (Å²) in [7, 11) is -2.24. The molecular formula is C24H24ClO3P. The van der Waals surface area contributed by atoms with Crippen LogP contribution in [-0.4, -0.2) is 24.5 Å². The molecule has 0 radical (unpaired) electrons. The summed E-state index contributed by atoms with van der Waals surface area (Å²) < 4.78 is 5.00. The highest BCUT2D eigenvalue weighted by atomic mass is 35.5. The molecule has 3 rings (SSSR count). The van der Waals surface area contributed by atoms with Crippen LogP contribution in [0, 0.1) is 0 Å². The number of carbonyl (C=O) groups is 2. The Labute approximate surface area is 178 Å². The van der Waals surface area contributed by atoms with Gasteiger partial charge in [0, 0.05) is 0 Å². The fourth-order valence-corrected chi connectivity index (χ4v) is 7.59. The molecule has 3 nitrogen and oxygen atoms in total. The molecule has 29 heavy (non-hydrogen) atoms. The first kappa shape index (κ1) is 22.8. The number of esters is 1. The van der Waals surface area contributed by atoms with E-state index in [9.17, 15) is 9.59 Å². The first-order chi connectivity index (χ1) is 13.7. The smallest absolute Gasteiger partial charge is 0.313 e. The van der Waals surface area contributed by atoms with Gasteiger partial charge in [-0.2, -0.15) is 0 Å². The molecule has 0 amide bonds. The van der Waals surface area contributed by atoms with Crippen LogP contribution in [0.3, 0.4) is 0 Å². The number of rotatable bonds is 8. The minimum absolute atomic E-state index is 0. The second-order valence-electron chi connectivity index (χ2n) is 6.49. The maximum absolute atomic E-state index is 13.0. The Morgan fingerprint density at radius 1 is 0.724 bits per heavy atom. The van der Waals surface area contributed by atoms with Crippen molar-refractivity contribution in [3.05, 3.63) is 91.0 Å². The number of hydrogen-bond acceptors (Lipinski definition) is 3. The third kappa shape index (κ3) is 5.32. The Morgan fingerprint density at radius 2 is 1.10 bits per heavy atom. The summed E-state index contributed by atoms with van der Waals surface area (Å²) in [6.45, 7) is 2.03. The van der Waals surface area contributed by atoms with Gasteiger partial charge in [0.05, 0.1) is 6.61 Å². The van der Waals surface area contributed by atoms with Gasteiger partial charge in [0.25, 0.3) is 0 Å². The minimum Gasteiger partial charge on any atom is -1.00 e.